The summed E-state index contributed by atoms with van der Waals surface area (Å²) in [5.74, 6) is 1.78. The number of hydrogen-bond acceptors (Lipinski definition) is 4. The van der Waals surface area contributed by atoms with Gasteiger partial charge in [0.1, 0.15) is 11.3 Å². The van der Waals surface area contributed by atoms with Crippen LogP contribution in [0.1, 0.15) is 0 Å². The monoisotopic (exact) mass is 690 g/mol. The van der Waals surface area contributed by atoms with Crippen LogP contribution in [-0.2, 0) is 0 Å². The highest BCUT2D eigenvalue weighted by Crippen LogP contribution is 2.43. The average molecular weight is 691 g/mol. The molecule has 5 nitrogen and oxygen atoms in total. The first-order chi connectivity index (χ1) is 26.8. The van der Waals surface area contributed by atoms with E-state index in [1.165, 1.54) is 21.9 Å². The molecule has 3 aromatic heterocycles. The number of fused-ring (bicyclic) bond motifs is 7. The molecule has 0 atom stereocenters. The van der Waals surface area contributed by atoms with Crippen LogP contribution < -0.4 is 0 Å². The normalized spacial score (nSPS) is 11.7. The van der Waals surface area contributed by atoms with Gasteiger partial charge in [0, 0.05) is 38.2 Å². The largest absolute Gasteiger partial charge is 0.454 e. The summed E-state index contributed by atoms with van der Waals surface area (Å²) in [7, 11) is 0. The minimum Gasteiger partial charge on any atom is -0.454 e. The van der Waals surface area contributed by atoms with Crippen molar-refractivity contribution in [3.63, 3.8) is 0 Å². The van der Waals surface area contributed by atoms with Crippen LogP contribution in [0.5, 0.6) is 0 Å². The lowest BCUT2D eigenvalue weighted by Crippen LogP contribution is -2.04. The molecule has 11 aromatic rings. The van der Waals surface area contributed by atoms with Crippen molar-refractivity contribution in [2.45, 2.75) is 0 Å². The van der Waals surface area contributed by atoms with Crippen LogP contribution in [0.25, 0.3) is 105 Å². The van der Waals surface area contributed by atoms with E-state index in [0.717, 1.165) is 66.1 Å². The number of hydrogen-bond donors (Lipinski definition) is 0. The summed E-state index contributed by atoms with van der Waals surface area (Å²) in [5.41, 5.74) is 9.68. The second kappa shape index (κ2) is 12.1. The number of para-hydroxylation sites is 2. The molecule has 0 spiro atoms. The Labute approximate surface area is 310 Å². The third kappa shape index (κ3) is 4.76. The standard InChI is InChI=1S/C49H30N4O/c1-3-15-32(16-4-1)47-50-48(33-17-5-2-6-18-33)52-49(51-47)40-28-27-39-38-22-10-12-25-44(38)54-46(39)45(40)53-42-24-11-9-21-37(42)41-30-34(26-29-43(41)53)36-23-13-19-31-14-7-8-20-35(31)36/h1-30H. The second-order valence-electron chi connectivity index (χ2n) is 13.6. The van der Waals surface area contributed by atoms with Crippen LogP contribution in [0.2, 0.25) is 0 Å². The van der Waals surface area contributed by atoms with Crippen molar-refractivity contribution < 1.29 is 4.42 Å². The second-order valence-corrected chi connectivity index (χ2v) is 13.6. The van der Waals surface area contributed by atoms with Crippen molar-refractivity contribution in [2.75, 3.05) is 0 Å². The lowest BCUT2D eigenvalue weighted by atomic mass is 9.97. The van der Waals surface area contributed by atoms with Gasteiger partial charge in [0.15, 0.2) is 23.1 Å². The molecule has 54 heavy (non-hydrogen) atoms. The molecule has 0 radical (unpaired) electrons. The molecule has 8 aromatic carbocycles. The first-order valence-corrected chi connectivity index (χ1v) is 18.1. The quantitative estimate of drug-likeness (QED) is 0.180. The van der Waals surface area contributed by atoms with Gasteiger partial charge in [-0.15, -0.1) is 0 Å². The van der Waals surface area contributed by atoms with Gasteiger partial charge in [-0.2, -0.15) is 0 Å². The van der Waals surface area contributed by atoms with E-state index >= 15 is 0 Å². The van der Waals surface area contributed by atoms with Gasteiger partial charge in [0.25, 0.3) is 0 Å². The predicted molar refractivity (Wildman–Crippen MR) is 221 cm³/mol. The highest BCUT2D eigenvalue weighted by atomic mass is 16.3. The average Bonchev–Trinajstić information content (AvgIpc) is 3.79. The molecule has 11 rings (SSSR count). The highest BCUT2D eigenvalue weighted by Gasteiger charge is 2.24. The van der Waals surface area contributed by atoms with Gasteiger partial charge in [-0.05, 0) is 58.3 Å². The summed E-state index contributed by atoms with van der Waals surface area (Å²) in [5, 5.41) is 6.85. The van der Waals surface area contributed by atoms with Crippen molar-refractivity contribution in [2.24, 2.45) is 0 Å². The van der Waals surface area contributed by atoms with Gasteiger partial charge in [0.05, 0.1) is 11.0 Å². The van der Waals surface area contributed by atoms with Crippen LogP contribution in [0, 0.1) is 0 Å². The lowest BCUT2D eigenvalue weighted by molar-refractivity contribution is 0.666. The zero-order chi connectivity index (χ0) is 35.6. The van der Waals surface area contributed by atoms with Gasteiger partial charge in [-0.1, -0.05) is 146 Å². The SMILES string of the molecule is c1ccc(-c2nc(-c3ccccc3)nc(-c3ccc4c(oc5ccccc54)c3-n3c4ccccc4c4cc(-c5cccc6ccccc56)ccc43)n2)cc1. The molecule has 0 N–H and O–H groups in total. The summed E-state index contributed by atoms with van der Waals surface area (Å²) in [6.07, 6.45) is 0. The molecular weight excluding hydrogens is 661 g/mol. The molecule has 0 saturated heterocycles. The van der Waals surface area contributed by atoms with Crippen LogP contribution in [0.3, 0.4) is 0 Å². The molecule has 252 valence electrons. The Morgan fingerprint density at radius 3 is 1.76 bits per heavy atom. The van der Waals surface area contributed by atoms with E-state index < -0.39 is 0 Å². The van der Waals surface area contributed by atoms with E-state index in [4.69, 9.17) is 19.4 Å². The van der Waals surface area contributed by atoms with Crippen LogP contribution in [-0.4, -0.2) is 19.5 Å². The van der Waals surface area contributed by atoms with Crippen molar-refractivity contribution >= 4 is 54.5 Å². The number of aromatic nitrogens is 4. The molecule has 0 saturated carbocycles. The molecule has 0 aliphatic heterocycles. The summed E-state index contributed by atoms with van der Waals surface area (Å²) in [6, 6.07) is 63.3. The van der Waals surface area contributed by atoms with Gasteiger partial charge < -0.3 is 8.98 Å². The molecule has 0 aliphatic carbocycles. The van der Waals surface area contributed by atoms with Crippen LogP contribution in [0.4, 0.5) is 0 Å². The minimum absolute atomic E-state index is 0.568. The third-order valence-corrected chi connectivity index (χ3v) is 10.5. The lowest BCUT2D eigenvalue weighted by Gasteiger charge is -2.15. The van der Waals surface area contributed by atoms with E-state index in [2.05, 4.69) is 114 Å². The molecule has 0 amide bonds. The first kappa shape index (κ1) is 30.3. The molecule has 3 heterocycles. The fourth-order valence-electron chi connectivity index (χ4n) is 7.96. The van der Waals surface area contributed by atoms with Gasteiger partial charge >= 0.3 is 0 Å². The van der Waals surface area contributed by atoms with Gasteiger partial charge in [0.2, 0.25) is 0 Å². The Morgan fingerprint density at radius 2 is 0.981 bits per heavy atom. The van der Waals surface area contributed by atoms with Crippen LogP contribution in [0.15, 0.2) is 186 Å². The van der Waals surface area contributed by atoms with Gasteiger partial charge in [-0.3, -0.25) is 0 Å². The van der Waals surface area contributed by atoms with Crippen molar-refractivity contribution in [3.05, 3.63) is 182 Å². The summed E-state index contributed by atoms with van der Waals surface area (Å²) in [4.78, 5) is 15.4. The maximum atomic E-state index is 6.85. The highest BCUT2D eigenvalue weighted by molar-refractivity contribution is 6.15. The number of nitrogens with zero attached hydrogens (tertiary/aromatic N) is 4. The third-order valence-electron chi connectivity index (χ3n) is 10.5. The Kier molecular flexibility index (Phi) is 6.79. The van der Waals surface area contributed by atoms with Crippen LogP contribution >= 0.6 is 0 Å². The number of rotatable bonds is 5. The zero-order valence-corrected chi connectivity index (χ0v) is 29.0. The van der Waals surface area contributed by atoms with E-state index in [9.17, 15) is 0 Å². The Bertz CT molecular complexity index is 3150. The fourth-order valence-corrected chi connectivity index (χ4v) is 7.96. The van der Waals surface area contributed by atoms with Crippen molar-refractivity contribution in [3.8, 4) is 51.0 Å². The fraction of sp³-hybridized carbons (Fsp3) is 0. The molecule has 0 fully saturated rings. The summed E-state index contributed by atoms with van der Waals surface area (Å²) in [6.45, 7) is 0. The van der Waals surface area contributed by atoms with Crippen molar-refractivity contribution in [1.82, 2.24) is 19.5 Å². The van der Waals surface area contributed by atoms with Crippen molar-refractivity contribution in [1.29, 1.82) is 0 Å². The number of benzene rings is 8. The maximum Gasteiger partial charge on any atom is 0.166 e. The molecule has 5 heteroatoms. The number of furan rings is 1. The predicted octanol–water partition coefficient (Wildman–Crippen LogP) is 12.7. The van der Waals surface area contributed by atoms with E-state index in [-0.39, 0.29) is 0 Å². The smallest absolute Gasteiger partial charge is 0.166 e. The summed E-state index contributed by atoms with van der Waals surface area (Å²) < 4.78 is 9.19. The minimum atomic E-state index is 0.568. The Hall–Kier alpha value is -7.37. The van der Waals surface area contributed by atoms with E-state index in [1.54, 1.807) is 0 Å². The topological polar surface area (TPSA) is 56.7 Å². The Balaban J connectivity index is 1.24. The Morgan fingerprint density at radius 1 is 0.370 bits per heavy atom. The van der Waals surface area contributed by atoms with E-state index in [1.807, 2.05) is 72.8 Å². The maximum absolute atomic E-state index is 6.85. The molecule has 0 unspecified atom stereocenters. The van der Waals surface area contributed by atoms with Gasteiger partial charge in [-0.25, -0.2) is 15.0 Å². The molecule has 0 bridgehead atoms. The van der Waals surface area contributed by atoms with E-state index in [0.29, 0.717) is 17.5 Å². The zero-order valence-electron chi connectivity index (χ0n) is 29.0. The first-order valence-electron chi connectivity index (χ1n) is 18.1. The molecular formula is C49H30N4O. The molecule has 0 aliphatic rings. The summed E-state index contributed by atoms with van der Waals surface area (Å²) >= 11 is 0.